The van der Waals surface area contributed by atoms with Crippen LogP contribution in [0.4, 0.5) is 0 Å². The Kier molecular flexibility index (Phi) is 7.84. The number of benzene rings is 1. The quantitative estimate of drug-likeness (QED) is 0.279. The van der Waals surface area contributed by atoms with Crippen LogP contribution in [0.1, 0.15) is 16.9 Å². The third kappa shape index (κ3) is 6.29. The van der Waals surface area contributed by atoms with E-state index in [4.69, 9.17) is 9.15 Å². The van der Waals surface area contributed by atoms with Crippen LogP contribution in [-0.4, -0.2) is 31.7 Å². The van der Waals surface area contributed by atoms with E-state index in [0.29, 0.717) is 5.75 Å². The van der Waals surface area contributed by atoms with Gasteiger partial charge in [-0.15, -0.1) is 0 Å². The monoisotopic (exact) mass is 374 g/mol. The Morgan fingerprint density at radius 2 is 2.04 bits per heavy atom. The maximum Gasteiger partial charge on any atom is 1.00 e. The summed E-state index contributed by atoms with van der Waals surface area (Å²) in [6.45, 7) is 3.59. The van der Waals surface area contributed by atoms with Crippen LogP contribution in [-0.2, 0) is 14.9 Å². The van der Waals surface area contributed by atoms with E-state index >= 15 is 0 Å². The summed E-state index contributed by atoms with van der Waals surface area (Å²) in [5.41, 5.74) is 4.19. The molecule has 0 saturated carbocycles. The van der Waals surface area contributed by atoms with E-state index in [1.165, 1.54) is 6.07 Å². The maximum atomic E-state index is 11.6. The van der Waals surface area contributed by atoms with Gasteiger partial charge in [0.15, 0.2) is 16.7 Å². The zero-order chi connectivity index (χ0) is 17.7. The summed E-state index contributed by atoms with van der Waals surface area (Å²) in [5.74, 6) is 0.112. The second-order valence-corrected chi connectivity index (χ2v) is 6.20. The Balaban J connectivity index is 0.00000312. The number of hydrazone groups is 1. The third-order valence-corrected chi connectivity index (χ3v) is 3.86. The summed E-state index contributed by atoms with van der Waals surface area (Å²) in [7, 11) is -4.66. The average Bonchev–Trinajstić information content (AvgIpc) is 2.98. The van der Waals surface area contributed by atoms with E-state index in [1.54, 1.807) is 6.07 Å². The molecule has 0 fully saturated rings. The predicted molar refractivity (Wildman–Crippen MR) is 83.8 cm³/mol. The van der Waals surface area contributed by atoms with Gasteiger partial charge in [-0.2, -0.15) is 5.10 Å². The van der Waals surface area contributed by atoms with Gasteiger partial charge in [-0.3, -0.25) is 4.79 Å². The number of hydrogen-bond donors (Lipinski definition) is 1. The summed E-state index contributed by atoms with van der Waals surface area (Å²) >= 11 is 0. The molecule has 0 radical (unpaired) electrons. The van der Waals surface area contributed by atoms with E-state index in [2.05, 4.69) is 10.5 Å². The molecule has 0 unspecified atom stereocenters. The van der Waals surface area contributed by atoms with Crippen molar-refractivity contribution in [3.05, 3.63) is 47.2 Å². The van der Waals surface area contributed by atoms with Crippen LogP contribution in [0.15, 0.2) is 44.9 Å². The molecule has 8 nitrogen and oxygen atoms in total. The molecule has 1 aromatic carbocycles. The zero-order valence-electron chi connectivity index (χ0n) is 14.0. The molecule has 0 aliphatic rings. The molecule has 1 N–H and O–H groups in total. The first kappa shape index (κ1) is 21.4. The van der Waals surface area contributed by atoms with Gasteiger partial charge < -0.3 is 13.7 Å². The van der Waals surface area contributed by atoms with Crippen LogP contribution in [0.25, 0.3) is 0 Å². The van der Waals surface area contributed by atoms with E-state index in [9.17, 15) is 17.8 Å². The number of furan rings is 1. The molecule has 1 aromatic heterocycles. The smallest absolute Gasteiger partial charge is 0.742 e. The minimum atomic E-state index is -4.66. The molecule has 0 aliphatic heterocycles. The number of rotatable bonds is 6. The second-order valence-electron chi connectivity index (χ2n) is 4.89. The summed E-state index contributed by atoms with van der Waals surface area (Å²) in [6.07, 6.45) is 1.07. The van der Waals surface area contributed by atoms with Crippen LogP contribution in [0.3, 0.4) is 0 Å². The Morgan fingerprint density at radius 1 is 1.32 bits per heavy atom. The molecule has 0 bridgehead atoms. The molecular weight excluding hydrogens is 359 g/mol. The fourth-order valence-corrected chi connectivity index (χ4v) is 2.20. The average molecular weight is 374 g/mol. The van der Waals surface area contributed by atoms with Gasteiger partial charge in [0, 0.05) is 0 Å². The molecule has 0 saturated heterocycles. The first-order valence-electron chi connectivity index (χ1n) is 6.84. The van der Waals surface area contributed by atoms with Crippen molar-refractivity contribution in [3.63, 3.8) is 0 Å². The van der Waals surface area contributed by atoms with Crippen molar-refractivity contribution in [2.24, 2.45) is 5.10 Å². The number of amides is 1. The van der Waals surface area contributed by atoms with E-state index in [-0.39, 0.29) is 41.9 Å². The first-order chi connectivity index (χ1) is 11.3. The maximum absolute atomic E-state index is 11.6. The molecular formula is C15H15N2NaO6S. The predicted octanol–water partition coefficient (Wildman–Crippen LogP) is -1.67. The number of carbonyl (C=O) groups excluding carboxylic acids is 1. The Morgan fingerprint density at radius 3 is 2.68 bits per heavy atom. The molecule has 25 heavy (non-hydrogen) atoms. The van der Waals surface area contributed by atoms with Gasteiger partial charge in [0.05, 0.1) is 6.21 Å². The number of aryl methyl sites for hydroxylation is 1. The van der Waals surface area contributed by atoms with Gasteiger partial charge in [0.25, 0.3) is 5.91 Å². The van der Waals surface area contributed by atoms with Gasteiger partial charge >= 0.3 is 29.6 Å². The molecule has 0 aliphatic carbocycles. The van der Waals surface area contributed by atoms with Crippen LogP contribution < -0.4 is 39.7 Å². The topological polar surface area (TPSA) is 121 Å². The van der Waals surface area contributed by atoms with Gasteiger partial charge in [-0.05, 0) is 43.2 Å². The number of ether oxygens (including phenoxy) is 1. The van der Waals surface area contributed by atoms with E-state index in [1.807, 2.05) is 26.0 Å². The number of carbonyl (C=O) groups is 1. The van der Waals surface area contributed by atoms with Gasteiger partial charge in [0.1, 0.15) is 11.5 Å². The Labute approximate surface area is 167 Å². The van der Waals surface area contributed by atoms with Crippen LogP contribution >= 0.6 is 0 Å². The molecule has 2 rings (SSSR count). The SMILES string of the molecule is Cc1cccc(OCC(=O)NN=Cc2ccc(S(=O)(=O)[O-])o2)c1C.[Na+]. The van der Waals surface area contributed by atoms with Crippen molar-refractivity contribution < 1.29 is 56.5 Å². The largest absolute Gasteiger partial charge is 1.00 e. The summed E-state index contributed by atoms with van der Waals surface area (Å²) in [4.78, 5) is 11.6. The molecule has 2 aromatic rings. The van der Waals surface area contributed by atoms with Crippen molar-refractivity contribution in [1.82, 2.24) is 5.43 Å². The third-order valence-electron chi connectivity index (χ3n) is 3.14. The standard InChI is InChI=1S/C15H16N2O6S.Na/c1-10-4-3-5-13(11(10)2)22-9-14(18)17-16-8-12-6-7-15(23-12)24(19,20)21;/h3-8H,9H2,1-2H3,(H,17,18)(H,19,20,21);/q;+1/p-1. The fraction of sp³-hybridized carbons (Fsp3) is 0.200. The summed E-state index contributed by atoms with van der Waals surface area (Å²) < 4.78 is 42.3. The van der Waals surface area contributed by atoms with Crippen LogP contribution in [0.5, 0.6) is 5.75 Å². The summed E-state index contributed by atoms with van der Waals surface area (Å²) in [6, 6.07) is 7.77. The van der Waals surface area contributed by atoms with Crippen molar-refractivity contribution in [3.8, 4) is 5.75 Å². The fourth-order valence-electron chi connectivity index (χ4n) is 1.76. The minimum absolute atomic E-state index is 0. The normalized spacial score (nSPS) is 11.2. The number of nitrogens with zero attached hydrogens (tertiary/aromatic N) is 1. The Hall–Kier alpha value is -1.65. The molecule has 1 amide bonds. The molecule has 1 heterocycles. The van der Waals surface area contributed by atoms with E-state index in [0.717, 1.165) is 23.4 Å². The van der Waals surface area contributed by atoms with Crippen molar-refractivity contribution in [2.45, 2.75) is 18.9 Å². The second kappa shape index (κ2) is 9.16. The van der Waals surface area contributed by atoms with Crippen molar-refractivity contribution in [2.75, 3.05) is 6.61 Å². The van der Waals surface area contributed by atoms with Gasteiger partial charge in [0.2, 0.25) is 5.09 Å². The molecule has 10 heteroatoms. The van der Waals surface area contributed by atoms with Gasteiger partial charge in [-0.25, -0.2) is 13.8 Å². The first-order valence-corrected chi connectivity index (χ1v) is 8.25. The van der Waals surface area contributed by atoms with Gasteiger partial charge in [-0.1, -0.05) is 12.1 Å². The molecule has 0 atom stereocenters. The van der Waals surface area contributed by atoms with E-state index < -0.39 is 21.1 Å². The molecule has 128 valence electrons. The van der Waals surface area contributed by atoms with Crippen LogP contribution in [0.2, 0.25) is 0 Å². The summed E-state index contributed by atoms with van der Waals surface area (Å²) in [5, 5.41) is 2.88. The number of nitrogens with one attached hydrogen (secondary N) is 1. The molecule has 0 spiro atoms. The van der Waals surface area contributed by atoms with Crippen molar-refractivity contribution >= 4 is 22.2 Å². The van der Waals surface area contributed by atoms with Crippen LogP contribution in [0, 0.1) is 13.8 Å². The number of hydrogen-bond acceptors (Lipinski definition) is 7. The Bertz CT molecular complexity index is 876. The zero-order valence-corrected chi connectivity index (χ0v) is 16.8. The van der Waals surface area contributed by atoms with Crippen molar-refractivity contribution in [1.29, 1.82) is 0 Å². The minimum Gasteiger partial charge on any atom is -0.742 e.